The number of carbonyl (C=O) groups excluding carboxylic acids is 2. The normalized spacial score (nSPS) is 13.1. The number of hydrogen-bond acceptors (Lipinski definition) is 4. The van der Waals surface area contributed by atoms with Gasteiger partial charge < -0.3 is 15.2 Å². The van der Waals surface area contributed by atoms with Gasteiger partial charge in [0.15, 0.2) is 5.82 Å². The smallest absolute Gasteiger partial charge is 0.247 e. The molecule has 0 aliphatic heterocycles. The van der Waals surface area contributed by atoms with Crippen LogP contribution in [-0.2, 0) is 9.59 Å². The van der Waals surface area contributed by atoms with Crippen LogP contribution in [0.15, 0.2) is 34.9 Å². The predicted octanol–water partition coefficient (Wildman–Crippen LogP) is 3.54. The van der Waals surface area contributed by atoms with Gasteiger partial charge in [0, 0.05) is 12.5 Å². The van der Waals surface area contributed by atoms with Crippen molar-refractivity contribution >= 4 is 17.6 Å². The summed E-state index contributed by atoms with van der Waals surface area (Å²) in [7, 11) is 0. The van der Waals surface area contributed by atoms with E-state index >= 15 is 0 Å². The van der Waals surface area contributed by atoms with Gasteiger partial charge in [-0.3, -0.25) is 9.59 Å². The van der Waals surface area contributed by atoms with Gasteiger partial charge in [0.25, 0.3) is 0 Å². The third-order valence-corrected chi connectivity index (χ3v) is 4.06. The van der Waals surface area contributed by atoms with Crippen LogP contribution in [0.2, 0.25) is 0 Å². The minimum Gasteiger partial charge on any atom is -0.360 e. The third kappa shape index (κ3) is 5.68. The van der Waals surface area contributed by atoms with Gasteiger partial charge in [-0.05, 0) is 43.9 Å². The summed E-state index contributed by atoms with van der Waals surface area (Å²) < 4.78 is 18.0. The van der Waals surface area contributed by atoms with Crippen molar-refractivity contribution in [2.24, 2.45) is 0 Å². The molecule has 6 nitrogen and oxygen atoms in total. The zero-order valence-corrected chi connectivity index (χ0v) is 15.2. The Hall–Kier alpha value is -2.70. The Kier molecular flexibility index (Phi) is 6.89. The number of nitrogens with zero attached hydrogens (tertiary/aromatic N) is 1. The Morgan fingerprint density at radius 2 is 1.96 bits per heavy atom. The molecule has 1 heterocycles. The van der Waals surface area contributed by atoms with Gasteiger partial charge >= 0.3 is 0 Å². The van der Waals surface area contributed by atoms with Crippen molar-refractivity contribution in [2.45, 2.75) is 52.0 Å². The molecule has 0 aliphatic carbocycles. The van der Waals surface area contributed by atoms with Gasteiger partial charge in [0.05, 0.1) is 0 Å². The molecular weight excluding hydrogens is 337 g/mol. The lowest BCUT2D eigenvalue weighted by atomic mass is 9.91. The second-order valence-corrected chi connectivity index (χ2v) is 6.34. The molecule has 0 aliphatic rings. The molecule has 7 heteroatoms. The van der Waals surface area contributed by atoms with Crippen LogP contribution in [0.3, 0.4) is 0 Å². The molecular formula is C19H24FN3O3. The number of benzene rings is 1. The van der Waals surface area contributed by atoms with E-state index in [4.69, 9.17) is 4.52 Å². The van der Waals surface area contributed by atoms with Crippen LogP contribution in [-0.4, -0.2) is 23.0 Å². The fourth-order valence-electron chi connectivity index (χ4n) is 2.72. The quantitative estimate of drug-likeness (QED) is 0.753. The van der Waals surface area contributed by atoms with E-state index in [0.29, 0.717) is 11.6 Å². The standard InChI is InChI=1S/C19H24FN3O3/c1-4-5-15(14-6-8-16(20)9-7-14)11-18(24)21-13(3)19(25)22-17-10-12(2)26-23-17/h6-10,13,15H,4-5,11H2,1-3H3,(H,21,24)(H,22,23,25)/t13-,15?/m1/s1. The van der Waals surface area contributed by atoms with Crippen LogP contribution < -0.4 is 10.6 Å². The Morgan fingerprint density at radius 1 is 1.27 bits per heavy atom. The summed E-state index contributed by atoms with van der Waals surface area (Å²) in [6.07, 6.45) is 1.94. The number of aryl methyl sites for hydroxylation is 1. The maximum absolute atomic E-state index is 13.1. The highest BCUT2D eigenvalue weighted by Crippen LogP contribution is 2.25. The Balaban J connectivity index is 1.91. The summed E-state index contributed by atoms with van der Waals surface area (Å²) in [5, 5.41) is 8.96. The topological polar surface area (TPSA) is 84.2 Å². The van der Waals surface area contributed by atoms with Gasteiger partial charge in [-0.15, -0.1) is 0 Å². The molecule has 0 radical (unpaired) electrons. The monoisotopic (exact) mass is 361 g/mol. The van der Waals surface area contributed by atoms with Crippen molar-refractivity contribution in [3.05, 3.63) is 47.5 Å². The summed E-state index contributed by atoms with van der Waals surface area (Å²) >= 11 is 0. The lowest BCUT2D eigenvalue weighted by Crippen LogP contribution is -2.42. The highest BCUT2D eigenvalue weighted by Gasteiger charge is 2.20. The van der Waals surface area contributed by atoms with E-state index in [0.717, 1.165) is 18.4 Å². The summed E-state index contributed by atoms with van der Waals surface area (Å²) in [5.74, 6) is -0.0365. The van der Waals surface area contributed by atoms with Crippen LogP contribution >= 0.6 is 0 Å². The maximum atomic E-state index is 13.1. The molecule has 1 unspecified atom stereocenters. The van der Waals surface area contributed by atoms with E-state index in [1.54, 1.807) is 32.0 Å². The molecule has 2 amide bonds. The molecule has 0 saturated heterocycles. The molecule has 1 aromatic heterocycles. The molecule has 2 N–H and O–H groups in total. The number of aromatic nitrogens is 1. The summed E-state index contributed by atoms with van der Waals surface area (Å²) in [4.78, 5) is 24.5. The lowest BCUT2D eigenvalue weighted by Gasteiger charge is -2.18. The SMILES string of the molecule is CCCC(CC(=O)N[C@H](C)C(=O)Nc1cc(C)on1)c1ccc(F)cc1. The molecule has 0 bridgehead atoms. The molecule has 26 heavy (non-hydrogen) atoms. The van der Waals surface area contributed by atoms with Gasteiger partial charge in [-0.1, -0.05) is 30.6 Å². The van der Waals surface area contributed by atoms with E-state index in [1.807, 2.05) is 6.92 Å². The fraction of sp³-hybridized carbons (Fsp3) is 0.421. The molecule has 0 fully saturated rings. The number of hydrogen-bond donors (Lipinski definition) is 2. The van der Waals surface area contributed by atoms with E-state index in [1.165, 1.54) is 12.1 Å². The van der Waals surface area contributed by atoms with Crippen molar-refractivity contribution < 1.29 is 18.5 Å². The number of carbonyl (C=O) groups is 2. The largest absolute Gasteiger partial charge is 0.360 e. The molecule has 2 atom stereocenters. The van der Waals surface area contributed by atoms with Gasteiger partial charge in [-0.25, -0.2) is 4.39 Å². The van der Waals surface area contributed by atoms with E-state index in [-0.39, 0.29) is 30.0 Å². The Bertz CT molecular complexity index is 743. The number of nitrogens with one attached hydrogen (secondary N) is 2. The predicted molar refractivity (Wildman–Crippen MR) is 96.1 cm³/mol. The molecule has 140 valence electrons. The van der Waals surface area contributed by atoms with E-state index < -0.39 is 6.04 Å². The van der Waals surface area contributed by atoms with Gasteiger partial charge in [0.2, 0.25) is 11.8 Å². The first-order valence-corrected chi connectivity index (χ1v) is 8.68. The van der Waals surface area contributed by atoms with Crippen LogP contribution in [0.5, 0.6) is 0 Å². The van der Waals surface area contributed by atoms with Crippen LogP contribution in [0.4, 0.5) is 10.2 Å². The highest BCUT2D eigenvalue weighted by atomic mass is 19.1. The Morgan fingerprint density at radius 3 is 2.54 bits per heavy atom. The number of anilines is 1. The van der Waals surface area contributed by atoms with E-state index in [2.05, 4.69) is 15.8 Å². The van der Waals surface area contributed by atoms with Crippen LogP contribution in [0.1, 0.15) is 50.4 Å². The summed E-state index contributed by atoms with van der Waals surface area (Å²) in [5.41, 5.74) is 0.915. The first-order chi connectivity index (χ1) is 12.4. The zero-order chi connectivity index (χ0) is 19.1. The lowest BCUT2D eigenvalue weighted by molar-refractivity contribution is -0.126. The molecule has 2 rings (SSSR count). The third-order valence-electron chi connectivity index (χ3n) is 4.06. The average molecular weight is 361 g/mol. The second kappa shape index (κ2) is 9.12. The van der Waals surface area contributed by atoms with Crippen LogP contribution in [0.25, 0.3) is 0 Å². The van der Waals surface area contributed by atoms with Crippen molar-refractivity contribution in [3.8, 4) is 0 Å². The van der Waals surface area contributed by atoms with Crippen molar-refractivity contribution in [1.82, 2.24) is 10.5 Å². The molecule has 0 spiro atoms. The Labute approximate surface area is 152 Å². The summed E-state index contributed by atoms with van der Waals surface area (Å²) in [6, 6.07) is 7.07. The number of amides is 2. The van der Waals surface area contributed by atoms with Crippen molar-refractivity contribution in [3.63, 3.8) is 0 Å². The van der Waals surface area contributed by atoms with Crippen LogP contribution in [0, 0.1) is 12.7 Å². The fourth-order valence-corrected chi connectivity index (χ4v) is 2.72. The zero-order valence-electron chi connectivity index (χ0n) is 15.2. The maximum Gasteiger partial charge on any atom is 0.247 e. The molecule has 2 aromatic rings. The van der Waals surface area contributed by atoms with Gasteiger partial charge in [0.1, 0.15) is 17.6 Å². The molecule has 0 saturated carbocycles. The average Bonchev–Trinajstić information content (AvgIpc) is 3.00. The van der Waals surface area contributed by atoms with Crippen molar-refractivity contribution in [1.29, 1.82) is 0 Å². The highest BCUT2D eigenvalue weighted by molar-refractivity contribution is 5.96. The number of halogens is 1. The van der Waals surface area contributed by atoms with Crippen molar-refractivity contribution in [2.75, 3.05) is 5.32 Å². The minimum atomic E-state index is -0.713. The second-order valence-electron chi connectivity index (χ2n) is 6.34. The van der Waals surface area contributed by atoms with Gasteiger partial charge in [-0.2, -0.15) is 0 Å². The summed E-state index contributed by atoms with van der Waals surface area (Å²) in [6.45, 7) is 5.36. The molecule has 1 aromatic carbocycles. The minimum absolute atomic E-state index is 0.0194. The first kappa shape index (κ1) is 19.6. The first-order valence-electron chi connectivity index (χ1n) is 8.68. The van der Waals surface area contributed by atoms with E-state index in [9.17, 15) is 14.0 Å². The number of rotatable bonds is 8.